The topological polar surface area (TPSA) is 68.7 Å². The molecule has 2 rings (SSSR count). The van der Waals surface area contributed by atoms with Crippen molar-refractivity contribution in [1.29, 1.82) is 0 Å². The Kier molecular flexibility index (Phi) is 3.22. The van der Waals surface area contributed by atoms with E-state index in [9.17, 15) is 9.59 Å². The first-order valence-corrected chi connectivity index (χ1v) is 5.12. The molecule has 17 heavy (non-hydrogen) atoms. The molecule has 6 heteroatoms. The van der Waals surface area contributed by atoms with E-state index in [1.807, 2.05) is 6.07 Å². The number of rotatable bonds is 2. The zero-order chi connectivity index (χ0) is 12.3. The Bertz CT molecular complexity index is 421. The lowest BCUT2D eigenvalue weighted by atomic mass is 10.1. The molecule has 1 fully saturated rings. The third kappa shape index (κ3) is 2.35. The van der Waals surface area contributed by atoms with Gasteiger partial charge in [-0.2, -0.15) is 0 Å². The predicted octanol–water partition coefficient (Wildman–Crippen LogP) is 0.575. The maximum atomic E-state index is 11.5. The Morgan fingerprint density at radius 2 is 2.53 bits per heavy atom. The van der Waals surface area contributed by atoms with E-state index in [1.165, 1.54) is 12.0 Å². The molecule has 1 atom stereocenters. The maximum absolute atomic E-state index is 11.5. The second-order valence-corrected chi connectivity index (χ2v) is 3.61. The summed E-state index contributed by atoms with van der Waals surface area (Å²) in [5, 5.41) is 0. The number of methoxy groups -OCH3 is 1. The van der Waals surface area contributed by atoms with Crippen LogP contribution in [-0.2, 0) is 20.7 Å². The fourth-order valence-corrected chi connectivity index (χ4v) is 1.68. The molecule has 6 nitrogen and oxygen atoms in total. The Morgan fingerprint density at radius 3 is 3.18 bits per heavy atom. The van der Waals surface area contributed by atoms with E-state index in [0.29, 0.717) is 6.42 Å². The van der Waals surface area contributed by atoms with Crippen LogP contribution in [0.25, 0.3) is 0 Å². The van der Waals surface area contributed by atoms with Gasteiger partial charge < -0.3 is 9.47 Å². The number of cyclic esters (lactones) is 1. The summed E-state index contributed by atoms with van der Waals surface area (Å²) < 4.78 is 9.43. The van der Waals surface area contributed by atoms with Gasteiger partial charge in [0.05, 0.1) is 7.11 Å². The fourth-order valence-electron chi connectivity index (χ4n) is 1.68. The number of esters is 1. The van der Waals surface area contributed by atoms with Crippen LogP contribution >= 0.6 is 0 Å². The molecule has 0 saturated carbocycles. The van der Waals surface area contributed by atoms with Gasteiger partial charge in [-0.1, -0.05) is 6.07 Å². The van der Waals surface area contributed by atoms with Gasteiger partial charge >= 0.3 is 12.1 Å². The zero-order valence-corrected chi connectivity index (χ0v) is 9.33. The van der Waals surface area contributed by atoms with Crippen LogP contribution in [-0.4, -0.2) is 41.8 Å². The second kappa shape index (κ2) is 4.82. The molecule has 0 unspecified atom stereocenters. The summed E-state index contributed by atoms with van der Waals surface area (Å²) in [6, 6.07) is 2.98. The number of hydrogen-bond donors (Lipinski definition) is 0. The van der Waals surface area contributed by atoms with Gasteiger partial charge in [0.15, 0.2) is 6.73 Å². The molecule has 0 spiro atoms. The van der Waals surface area contributed by atoms with Gasteiger partial charge in [-0.3, -0.25) is 9.88 Å². The standard InChI is InChI=1S/C11H12N2O4/c1-16-11(15)13-7-17-10(14)9(13)5-8-3-2-4-12-6-8/h2-4,6,9H,5,7H2,1H3/t9-/m0/s1. The SMILES string of the molecule is COC(=O)N1COC(=O)[C@@H]1Cc1cccnc1. The van der Waals surface area contributed by atoms with Crippen molar-refractivity contribution >= 4 is 12.1 Å². The van der Waals surface area contributed by atoms with Crippen LogP contribution in [0.1, 0.15) is 5.56 Å². The Hall–Kier alpha value is -2.11. The van der Waals surface area contributed by atoms with Crippen LogP contribution in [0.15, 0.2) is 24.5 Å². The van der Waals surface area contributed by atoms with Gasteiger partial charge in [0.2, 0.25) is 0 Å². The summed E-state index contributed by atoms with van der Waals surface area (Å²) in [5.41, 5.74) is 0.866. The highest BCUT2D eigenvalue weighted by Crippen LogP contribution is 2.16. The average molecular weight is 236 g/mol. The van der Waals surface area contributed by atoms with Crippen LogP contribution in [0, 0.1) is 0 Å². The van der Waals surface area contributed by atoms with E-state index < -0.39 is 18.1 Å². The molecule has 0 N–H and O–H groups in total. The Labute approximate surface area is 98.1 Å². The smallest absolute Gasteiger partial charge is 0.412 e. The lowest BCUT2D eigenvalue weighted by Gasteiger charge is -2.18. The van der Waals surface area contributed by atoms with Crippen molar-refractivity contribution in [1.82, 2.24) is 9.88 Å². The van der Waals surface area contributed by atoms with Crippen molar-refractivity contribution in [3.63, 3.8) is 0 Å². The maximum Gasteiger partial charge on any atom is 0.412 e. The van der Waals surface area contributed by atoms with Gasteiger partial charge in [0.25, 0.3) is 0 Å². The molecular weight excluding hydrogens is 224 g/mol. The van der Waals surface area contributed by atoms with Crippen molar-refractivity contribution in [3.8, 4) is 0 Å². The molecule has 0 aliphatic carbocycles. The number of ether oxygens (including phenoxy) is 2. The number of pyridine rings is 1. The highest BCUT2D eigenvalue weighted by molar-refractivity contribution is 5.84. The van der Waals surface area contributed by atoms with Gasteiger partial charge in [-0.15, -0.1) is 0 Å². The molecule has 1 aliphatic rings. The van der Waals surface area contributed by atoms with Crippen molar-refractivity contribution in [2.24, 2.45) is 0 Å². The molecule has 1 aromatic heterocycles. The summed E-state index contributed by atoms with van der Waals surface area (Å²) in [7, 11) is 1.27. The lowest BCUT2D eigenvalue weighted by molar-refractivity contribution is -0.139. The van der Waals surface area contributed by atoms with Crippen LogP contribution < -0.4 is 0 Å². The van der Waals surface area contributed by atoms with E-state index in [2.05, 4.69) is 9.72 Å². The predicted molar refractivity (Wildman–Crippen MR) is 56.9 cm³/mol. The quantitative estimate of drug-likeness (QED) is 0.702. The molecule has 2 heterocycles. The molecule has 1 saturated heterocycles. The van der Waals surface area contributed by atoms with Gasteiger partial charge in [-0.05, 0) is 11.6 Å². The lowest BCUT2D eigenvalue weighted by Crippen LogP contribution is -2.39. The Morgan fingerprint density at radius 1 is 1.71 bits per heavy atom. The van der Waals surface area contributed by atoms with E-state index in [0.717, 1.165) is 5.56 Å². The minimum absolute atomic E-state index is 0.0591. The molecule has 1 aromatic rings. The molecule has 0 bridgehead atoms. The highest BCUT2D eigenvalue weighted by Gasteiger charge is 2.38. The van der Waals surface area contributed by atoms with E-state index in [4.69, 9.17) is 4.74 Å². The van der Waals surface area contributed by atoms with Crippen molar-refractivity contribution in [3.05, 3.63) is 30.1 Å². The summed E-state index contributed by atoms with van der Waals surface area (Å²) >= 11 is 0. The van der Waals surface area contributed by atoms with Crippen molar-refractivity contribution in [2.45, 2.75) is 12.5 Å². The largest absolute Gasteiger partial charge is 0.453 e. The molecule has 1 amide bonds. The van der Waals surface area contributed by atoms with E-state index >= 15 is 0 Å². The first-order chi connectivity index (χ1) is 8.22. The Balaban J connectivity index is 2.12. The zero-order valence-electron chi connectivity index (χ0n) is 9.33. The number of aromatic nitrogens is 1. The number of hydrogen-bond acceptors (Lipinski definition) is 5. The minimum Gasteiger partial charge on any atom is -0.453 e. The summed E-state index contributed by atoms with van der Waals surface area (Å²) in [5.74, 6) is -0.417. The summed E-state index contributed by atoms with van der Waals surface area (Å²) in [6.45, 7) is -0.0591. The van der Waals surface area contributed by atoms with Crippen LogP contribution in [0.2, 0.25) is 0 Å². The van der Waals surface area contributed by atoms with Crippen molar-refractivity contribution < 1.29 is 19.1 Å². The number of nitrogens with zero attached hydrogens (tertiary/aromatic N) is 2. The summed E-state index contributed by atoms with van der Waals surface area (Å²) in [4.78, 5) is 28.1. The number of carbonyl (C=O) groups excluding carboxylic acids is 2. The van der Waals surface area contributed by atoms with Gasteiger partial charge in [-0.25, -0.2) is 9.59 Å². The molecule has 1 aliphatic heterocycles. The molecular formula is C11H12N2O4. The third-order valence-electron chi connectivity index (χ3n) is 2.56. The van der Waals surface area contributed by atoms with Gasteiger partial charge in [0, 0.05) is 18.8 Å². The van der Waals surface area contributed by atoms with Crippen LogP contribution in [0.5, 0.6) is 0 Å². The van der Waals surface area contributed by atoms with E-state index in [-0.39, 0.29) is 6.73 Å². The van der Waals surface area contributed by atoms with E-state index in [1.54, 1.807) is 18.5 Å². The van der Waals surface area contributed by atoms with Gasteiger partial charge in [0.1, 0.15) is 6.04 Å². The average Bonchev–Trinajstić information content (AvgIpc) is 2.72. The summed E-state index contributed by atoms with van der Waals surface area (Å²) in [6.07, 6.45) is 3.11. The normalized spacial score (nSPS) is 19.0. The molecule has 90 valence electrons. The number of amides is 1. The number of carbonyl (C=O) groups is 2. The monoisotopic (exact) mass is 236 g/mol. The first-order valence-electron chi connectivity index (χ1n) is 5.12. The third-order valence-corrected chi connectivity index (χ3v) is 2.56. The minimum atomic E-state index is -0.633. The first kappa shape index (κ1) is 11.4. The highest BCUT2D eigenvalue weighted by atomic mass is 16.6. The molecule has 0 aromatic carbocycles. The molecule has 0 radical (unpaired) electrons. The fraction of sp³-hybridized carbons (Fsp3) is 0.364. The van der Waals surface area contributed by atoms with Crippen LogP contribution in [0.3, 0.4) is 0 Å². The van der Waals surface area contributed by atoms with Crippen LogP contribution in [0.4, 0.5) is 4.79 Å². The second-order valence-electron chi connectivity index (χ2n) is 3.61. The van der Waals surface area contributed by atoms with Crippen molar-refractivity contribution in [2.75, 3.05) is 13.8 Å².